The number of piperidine rings is 1. The van der Waals surface area contributed by atoms with Gasteiger partial charge in [0.25, 0.3) is 5.56 Å². The van der Waals surface area contributed by atoms with Crippen LogP contribution in [-0.4, -0.2) is 46.5 Å². The van der Waals surface area contributed by atoms with Crippen molar-refractivity contribution < 1.29 is 4.79 Å². The molecular weight excluding hydrogens is 304 g/mol. The van der Waals surface area contributed by atoms with Crippen LogP contribution in [0, 0.1) is 6.92 Å². The second-order valence-electron chi connectivity index (χ2n) is 6.33. The molecule has 0 aliphatic carbocycles. The van der Waals surface area contributed by atoms with Gasteiger partial charge in [-0.2, -0.15) is 0 Å². The van der Waals surface area contributed by atoms with Crippen LogP contribution in [0.4, 0.5) is 0 Å². The summed E-state index contributed by atoms with van der Waals surface area (Å²) in [5.41, 5.74) is 1.63. The van der Waals surface area contributed by atoms with E-state index in [1.807, 2.05) is 24.3 Å². The lowest BCUT2D eigenvalue weighted by atomic mass is 10.1. The van der Waals surface area contributed by atoms with Crippen LogP contribution in [-0.2, 0) is 11.3 Å². The van der Waals surface area contributed by atoms with Gasteiger partial charge < -0.3 is 10.2 Å². The number of carbonyl (C=O) groups excluding carboxylic acids is 1. The van der Waals surface area contributed by atoms with E-state index >= 15 is 0 Å². The van der Waals surface area contributed by atoms with Crippen molar-refractivity contribution in [2.45, 2.75) is 32.7 Å². The van der Waals surface area contributed by atoms with Crippen LogP contribution in [0.5, 0.6) is 0 Å². The molecule has 1 saturated heterocycles. The smallest absolute Gasteiger partial charge is 0.272 e. The van der Waals surface area contributed by atoms with E-state index in [2.05, 4.69) is 15.2 Å². The fraction of sp³-hybridized carbons (Fsp3) is 0.500. The molecule has 0 unspecified atom stereocenters. The Bertz CT molecular complexity index is 778. The van der Waals surface area contributed by atoms with Crippen molar-refractivity contribution in [2.24, 2.45) is 0 Å². The molecule has 1 N–H and O–H groups in total. The van der Waals surface area contributed by atoms with Crippen LogP contribution in [0.25, 0.3) is 11.0 Å². The van der Waals surface area contributed by atoms with Crippen molar-refractivity contribution in [1.82, 2.24) is 19.8 Å². The maximum absolute atomic E-state index is 12.4. The number of carbonyl (C=O) groups is 1. The summed E-state index contributed by atoms with van der Waals surface area (Å²) in [4.78, 5) is 31.3. The van der Waals surface area contributed by atoms with Crippen molar-refractivity contribution >= 4 is 16.9 Å². The first kappa shape index (κ1) is 16.6. The largest absolute Gasteiger partial charge is 0.353 e. The first-order chi connectivity index (χ1) is 11.6. The SMILES string of the molecule is Cc1nc2ccccc2n(CC(=O)NCCN2CCCCC2)c1=O. The highest BCUT2D eigenvalue weighted by atomic mass is 16.2. The average Bonchev–Trinajstić information content (AvgIpc) is 2.60. The molecular formula is C18H24N4O2. The topological polar surface area (TPSA) is 67.2 Å². The highest BCUT2D eigenvalue weighted by molar-refractivity contribution is 5.80. The molecule has 0 radical (unpaired) electrons. The van der Waals surface area contributed by atoms with Gasteiger partial charge in [-0.3, -0.25) is 14.2 Å². The van der Waals surface area contributed by atoms with E-state index in [0.717, 1.165) is 25.2 Å². The molecule has 0 bridgehead atoms. The zero-order valence-corrected chi connectivity index (χ0v) is 14.1. The van der Waals surface area contributed by atoms with Crippen molar-refractivity contribution in [3.8, 4) is 0 Å². The second kappa shape index (κ2) is 7.57. The van der Waals surface area contributed by atoms with Gasteiger partial charge in [0.15, 0.2) is 0 Å². The summed E-state index contributed by atoms with van der Waals surface area (Å²) < 4.78 is 1.51. The van der Waals surface area contributed by atoms with Crippen molar-refractivity contribution in [3.05, 3.63) is 40.3 Å². The number of aromatic nitrogens is 2. The fourth-order valence-electron chi connectivity index (χ4n) is 3.21. The van der Waals surface area contributed by atoms with E-state index in [9.17, 15) is 9.59 Å². The van der Waals surface area contributed by atoms with Gasteiger partial charge in [-0.15, -0.1) is 0 Å². The Labute approximate surface area is 141 Å². The number of hydrogen-bond acceptors (Lipinski definition) is 4. The molecule has 128 valence electrons. The van der Waals surface area contributed by atoms with E-state index in [4.69, 9.17) is 0 Å². The molecule has 0 saturated carbocycles. The standard InChI is InChI=1S/C18H24N4O2/c1-14-18(24)22(16-8-4-3-7-15(16)20-14)13-17(23)19-9-12-21-10-5-2-6-11-21/h3-4,7-8H,2,5-6,9-13H2,1H3,(H,19,23). The summed E-state index contributed by atoms with van der Waals surface area (Å²) in [5.74, 6) is -0.134. The third-order valence-electron chi connectivity index (χ3n) is 4.52. The van der Waals surface area contributed by atoms with Gasteiger partial charge in [0.05, 0.1) is 11.0 Å². The summed E-state index contributed by atoms with van der Waals surface area (Å²) in [6.07, 6.45) is 3.79. The quantitative estimate of drug-likeness (QED) is 0.898. The Hall–Kier alpha value is -2.21. The third-order valence-corrected chi connectivity index (χ3v) is 4.52. The van der Waals surface area contributed by atoms with Crippen LogP contribution in [0.15, 0.2) is 29.1 Å². The van der Waals surface area contributed by atoms with E-state index in [1.165, 1.54) is 23.8 Å². The number of rotatable bonds is 5. The molecule has 0 spiro atoms. The van der Waals surface area contributed by atoms with Crippen molar-refractivity contribution in [3.63, 3.8) is 0 Å². The number of fused-ring (bicyclic) bond motifs is 1. The molecule has 1 aromatic carbocycles. The molecule has 6 nitrogen and oxygen atoms in total. The number of aryl methyl sites for hydroxylation is 1. The summed E-state index contributed by atoms with van der Waals surface area (Å²) in [5, 5.41) is 2.93. The summed E-state index contributed by atoms with van der Waals surface area (Å²) in [7, 11) is 0. The first-order valence-electron chi connectivity index (χ1n) is 8.60. The normalized spacial score (nSPS) is 15.5. The molecule has 1 aromatic heterocycles. The number of para-hydroxylation sites is 2. The molecule has 2 aromatic rings. The highest BCUT2D eigenvalue weighted by Crippen LogP contribution is 2.10. The van der Waals surface area contributed by atoms with E-state index in [-0.39, 0.29) is 18.0 Å². The minimum Gasteiger partial charge on any atom is -0.353 e. The predicted molar refractivity (Wildman–Crippen MR) is 94.0 cm³/mol. The maximum atomic E-state index is 12.4. The Morgan fingerprint density at radius 2 is 1.96 bits per heavy atom. The molecule has 0 atom stereocenters. The third kappa shape index (κ3) is 3.82. The van der Waals surface area contributed by atoms with Crippen LogP contribution >= 0.6 is 0 Å². The van der Waals surface area contributed by atoms with E-state index in [1.54, 1.807) is 6.92 Å². The Morgan fingerprint density at radius 3 is 2.75 bits per heavy atom. The molecule has 1 aliphatic rings. The highest BCUT2D eigenvalue weighted by Gasteiger charge is 2.13. The monoisotopic (exact) mass is 328 g/mol. The fourth-order valence-corrected chi connectivity index (χ4v) is 3.21. The lowest BCUT2D eigenvalue weighted by molar-refractivity contribution is -0.121. The second-order valence-corrected chi connectivity index (χ2v) is 6.33. The van der Waals surface area contributed by atoms with Gasteiger partial charge in [-0.05, 0) is 45.0 Å². The lowest BCUT2D eigenvalue weighted by Gasteiger charge is -2.26. The molecule has 1 amide bonds. The molecule has 24 heavy (non-hydrogen) atoms. The first-order valence-corrected chi connectivity index (χ1v) is 8.60. The van der Waals surface area contributed by atoms with Gasteiger partial charge in [-0.25, -0.2) is 4.98 Å². The minimum atomic E-state index is -0.208. The number of hydrogen-bond donors (Lipinski definition) is 1. The van der Waals surface area contributed by atoms with Gasteiger partial charge in [0.2, 0.25) is 5.91 Å². The van der Waals surface area contributed by atoms with E-state index < -0.39 is 0 Å². The zero-order valence-electron chi connectivity index (χ0n) is 14.1. The van der Waals surface area contributed by atoms with Gasteiger partial charge in [0.1, 0.15) is 12.2 Å². The molecule has 1 aliphatic heterocycles. The number of nitrogens with zero attached hydrogens (tertiary/aromatic N) is 3. The van der Waals surface area contributed by atoms with Crippen molar-refractivity contribution in [2.75, 3.05) is 26.2 Å². The number of benzene rings is 1. The molecule has 1 fully saturated rings. The summed E-state index contributed by atoms with van der Waals surface area (Å²) >= 11 is 0. The van der Waals surface area contributed by atoms with Crippen LogP contribution in [0.2, 0.25) is 0 Å². The predicted octanol–water partition coefficient (Wildman–Crippen LogP) is 1.31. The molecule has 6 heteroatoms. The van der Waals surface area contributed by atoms with E-state index in [0.29, 0.717) is 17.8 Å². The van der Waals surface area contributed by atoms with Crippen LogP contribution in [0.3, 0.4) is 0 Å². The molecule has 2 heterocycles. The summed E-state index contributed by atoms with van der Waals surface area (Å²) in [6, 6.07) is 7.41. The van der Waals surface area contributed by atoms with Crippen LogP contribution in [0.1, 0.15) is 25.0 Å². The summed E-state index contributed by atoms with van der Waals surface area (Å²) in [6.45, 7) is 5.43. The maximum Gasteiger partial charge on any atom is 0.272 e. The Morgan fingerprint density at radius 1 is 1.21 bits per heavy atom. The van der Waals surface area contributed by atoms with Gasteiger partial charge >= 0.3 is 0 Å². The number of nitrogens with one attached hydrogen (secondary N) is 1. The van der Waals surface area contributed by atoms with Crippen LogP contribution < -0.4 is 10.9 Å². The minimum absolute atomic E-state index is 0.0305. The number of amides is 1. The Balaban J connectivity index is 1.65. The number of likely N-dealkylation sites (tertiary alicyclic amines) is 1. The Kier molecular flexibility index (Phi) is 5.25. The zero-order chi connectivity index (χ0) is 16.9. The van der Waals surface area contributed by atoms with Gasteiger partial charge in [0, 0.05) is 13.1 Å². The lowest BCUT2D eigenvalue weighted by Crippen LogP contribution is -2.39. The molecule has 3 rings (SSSR count). The van der Waals surface area contributed by atoms with Gasteiger partial charge in [-0.1, -0.05) is 18.6 Å². The average molecular weight is 328 g/mol. The van der Waals surface area contributed by atoms with Crippen molar-refractivity contribution in [1.29, 1.82) is 0 Å².